The van der Waals surface area contributed by atoms with Crippen molar-refractivity contribution in [2.45, 2.75) is 25.4 Å². The molecule has 1 aliphatic heterocycles. The Morgan fingerprint density at radius 1 is 1.12 bits per heavy atom. The fraction of sp³-hybridized carbons (Fsp3) is 0.333. The molecule has 0 unspecified atom stereocenters. The molecule has 24 heavy (non-hydrogen) atoms. The van der Waals surface area contributed by atoms with Gasteiger partial charge in [-0.2, -0.15) is 0 Å². The number of piperidine rings is 1. The van der Waals surface area contributed by atoms with Crippen molar-refractivity contribution in [2.75, 3.05) is 18.4 Å². The Morgan fingerprint density at radius 3 is 2.62 bits per heavy atom. The predicted molar refractivity (Wildman–Crippen MR) is 98.5 cm³/mol. The van der Waals surface area contributed by atoms with Crippen LogP contribution in [0.1, 0.15) is 18.4 Å². The van der Waals surface area contributed by atoms with Crippen molar-refractivity contribution in [3.8, 4) is 0 Å². The first kappa shape index (κ1) is 16.7. The number of hydrogen-bond donors (Lipinski definition) is 1. The van der Waals surface area contributed by atoms with Crippen LogP contribution in [-0.2, 0) is 6.54 Å². The van der Waals surface area contributed by atoms with Crippen LogP contribution in [0.25, 0.3) is 0 Å². The van der Waals surface area contributed by atoms with E-state index in [0.29, 0.717) is 11.6 Å². The highest BCUT2D eigenvalue weighted by molar-refractivity contribution is 5.45. The van der Waals surface area contributed by atoms with E-state index >= 15 is 0 Å². The van der Waals surface area contributed by atoms with Crippen molar-refractivity contribution in [3.63, 3.8) is 0 Å². The third-order valence-corrected chi connectivity index (χ3v) is 4.75. The maximum Gasteiger partial charge on any atom is 0.146 e. The Hall–Kier alpha value is -2.13. The van der Waals surface area contributed by atoms with Gasteiger partial charge in [-0.15, -0.1) is 6.58 Å². The number of anilines is 1. The average molecular weight is 324 g/mol. The molecule has 3 heteroatoms. The molecule has 1 saturated heterocycles. The molecule has 126 valence electrons. The summed E-state index contributed by atoms with van der Waals surface area (Å²) in [6, 6.07) is 17.8. The number of halogens is 1. The summed E-state index contributed by atoms with van der Waals surface area (Å²) in [6.07, 6.45) is 3.93. The van der Waals surface area contributed by atoms with Crippen LogP contribution >= 0.6 is 0 Å². The quantitative estimate of drug-likeness (QED) is 0.775. The van der Waals surface area contributed by atoms with E-state index in [1.807, 2.05) is 18.2 Å². The summed E-state index contributed by atoms with van der Waals surface area (Å²) < 4.78 is 13.9. The number of hydrogen-bond acceptors (Lipinski definition) is 2. The van der Waals surface area contributed by atoms with Crippen LogP contribution in [0.2, 0.25) is 0 Å². The molecule has 2 aromatic rings. The van der Waals surface area contributed by atoms with Crippen LogP contribution in [0.5, 0.6) is 0 Å². The number of likely N-dealkylation sites (tertiary alicyclic amines) is 1. The summed E-state index contributed by atoms with van der Waals surface area (Å²) in [5, 5.41) is 3.42. The fourth-order valence-electron chi connectivity index (χ4n) is 3.51. The third-order valence-electron chi connectivity index (χ3n) is 4.75. The maximum atomic E-state index is 13.9. The summed E-state index contributed by atoms with van der Waals surface area (Å²) >= 11 is 0. The SMILES string of the molecule is C=CC[C@H]1CN(Cc2ccccc2)CC[C@H]1Nc1ccccc1F. The Labute approximate surface area is 144 Å². The van der Waals surface area contributed by atoms with Crippen molar-refractivity contribution in [3.05, 3.63) is 78.6 Å². The minimum absolute atomic E-state index is 0.179. The number of nitrogens with zero attached hydrogens (tertiary/aromatic N) is 1. The number of benzene rings is 2. The molecule has 1 heterocycles. The van der Waals surface area contributed by atoms with Crippen LogP contribution in [0.4, 0.5) is 10.1 Å². The molecule has 0 amide bonds. The second kappa shape index (κ2) is 8.11. The smallest absolute Gasteiger partial charge is 0.146 e. The number of para-hydroxylation sites is 1. The molecule has 0 bridgehead atoms. The van der Waals surface area contributed by atoms with E-state index in [1.54, 1.807) is 6.07 Å². The Balaban J connectivity index is 1.65. The molecule has 1 fully saturated rings. The summed E-state index contributed by atoms with van der Waals surface area (Å²) in [4.78, 5) is 2.49. The largest absolute Gasteiger partial charge is 0.380 e. The number of nitrogens with one attached hydrogen (secondary N) is 1. The van der Waals surface area contributed by atoms with Gasteiger partial charge in [-0.1, -0.05) is 48.5 Å². The first-order chi connectivity index (χ1) is 11.8. The van der Waals surface area contributed by atoms with Crippen molar-refractivity contribution in [1.82, 2.24) is 4.90 Å². The lowest BCUT2D eigenvalue weighted by molar-refractivity contribution is 0.156. The van der Waals surface area contributed by atoms with E-state index < -0.39 is 0 Å². The highest BCUT2D eigenvalue weighted by Crippen LogP contribution is 2.26. The van der Waals surface area contributed by atoms with Gasteiger partial charge in [0.2, 0.25) is 0 Å². The molecule has 1 aliphatic rings. The monoisotopic (exact) mass is 324 g/mol. The second-order valence-electron chi connectivity index (χ2n) is 6.52. The van der Waals surface area contributed by atoms with Gasteiger partial charge in [-0.3, -0.25) is 4.90 Å². The molecule has 0 aliphatic carbocycles. The van der Waals surface area contributed by atoms with Gasteiger partial charge in [-0.25, -0.2) is 4.39 Å². The van der Waals surface area contributed by atoms with Gasteiger partial charge >= 0.3 is 0 Å². The highest BCUT2D eigenvalue weighted by Gasteiger charge is 2.28. The number of allylic oxidation sites excluding steroid dienone is 1. The molecule has 0 spiro atoms. The van der Waals surface area contributed by atoms with Gasteiger partial charge in [0.05, 0.1) is 5.69 Å². The topological polar surface area (TPSA) is 15.3 Å². The van der Waals surface area contributed by atoms with Crippen LogP contribution in [0.3, 0.4) is 0 Å². The first-order valence-corrected chi connectivity index (χ1v) is 8.64. The van der Waals surface area contributed by atoms with Crippen LogP contribution < -0.4 is 5.32 Å². The Morgan fingerprint density at radius 2 is 1.88 bits per heavy atom. The zero-order chi connectivity index (χ0) is 16.8. The lowest BCUT2D eigenvalue weighted by Gasteiger charge is -2.39. The van der Waals surface area contributed by atoms with Crippen LogP contribution in [0, 0.1) is 11.7 Å². The molecule has 3 rings (SSSR count). The van der Waals surface area contributed by atoms with Crippen LogP contribution in [0.15, 0.2) is 67.3 Å². The molecule has 2 nitrogen and oxygen atoms in total. The zero-order valence-electron chi connectivity index (χ0n) is 14.0. The fourth-order valence-corrected chi connectivity index (χ4v) is 3.51. The predicted octanol–water partition coefficient (Wildman–Crippen LogP) is 4.70. The van der Waals surface area contributed by atoms with E-state index in [4.69, 9.17) is 0 Å². The molecule has 2 aromatic carbocycles. The van der Waals surface area contributed by atoms with E-state index in [1.165, 1.54) is 11.6 Å². The van der Waals surface area contributed by atoms with Gasteiger partial charge in [0.1, 0.15) is 5.82 Å². The van der Waals surface area contributed by atoms with Crippen LogP contribution in [-0.4, -0.2) is 24.0 Å². The van der Waals surface area contributed by atoms with Gasteiger partial charge in [0, 0.05) is 25.7 Å². The lowest BCUT2D eigenvalue weighted by atomic mass is 9.88. The third kappa shape index (κ3) is 4.24. The maximum absolute atomic E-state index is 13.9. The molecular formula is C21H25FN2. The van der Waals surface area contributed by atoms with Gasteiger partial charge < -0.3 is 5.32 Å². The summed E-state index contributed by atoms with van der Waals surface area (Å²) in [6.45, 7) is 6.91. The molecule has 2 atom stereocenters. The molecule has 1 N–H and O–H groups in total. The van der Waals surface area contributed by atoms with E-state index in [0.717, 1.165) is 32.5 Å². The summed E-state index contributed by atoms with van der Waals surface area (Å²) in [7, 11) is 0. The van der Waals surface area contributed by atoms with Crippen molar-refractivity contribution >= 4 is 5.69 Å². The standard InChI is InChI=1S/C21H25FN2/c1-2-8-18-16-24(15-17-9-4-3-5-10-17)14-13-20(18)23-21-12-7-6-11-19(21)22/h2-7,9-12,18,20,23H,1,8,13-16H2/t18-,20+/m0/s1. The van der Waals surface area contributed by atoms with Gasteiger partial charge in [0.25, 0.3) is 0 Å². The van der Waals surface area contributed by atoms with Crippen molar-refractivity contribution in [1.29, 1.82) is 0 Å². The lowest BCUT2D eigenvalue weighted by Crippen LogP contribution is -2.46. The molecule has 0 saturated carbocycles. The number of rotatable bonds is 6. The minimum atomic E-state index is -0.179. The summed E-state index contributed by atoms with van der Waals surface area (Å²) in [5.74, 6) is 0.265. The highest BCUT2D eigenvalue weighted by atomic mass is 19.1. The summed E-state index contributed by atoms with van der Waals surface area (Å²) in [5.41, 5.74) is 1.95. The van der Waals surface area contributed by atoms with Crippen molar-refractivity contribution in [2.24, 2.45) is 5.92 Å². The minimum Gasteiger partial charge on any atom is -0.380 e. The van der Waals surface area contributed by atoms with E-state index in [-0.39, 0.29) is 11.9 Å². The van der Waals surface area contributed by atoms with Gasteiger partial charge in [-0.05, 0) is 36.5 Å². The first-order valence-electron chi connectivity index (χ1n) is 8.64. The normalized spacial score (nSPS) is 21.4. The molecule has 0 aromatic heterocycles. The molecule has 0 radical (unpaired) electrons. The molecular weight excluding hydrogens is 299 g/mol. The van der Waals surface area contributed by atoms with Crippen molar-refractivity contribution < 1.29 is 4.39 Å². The Bertz CT molecular complexity index is 656. The van der Waals surface area contributed by atoms with E-state index in [2.05, 4.69) is 47.1 Å². The van der Waals surface area contributed by atoms with E-state index in [9.17, 15) is 4.39 Å². The van der Waals surface area contributed by atoms with Gasteiger partial charge in [0.15, 0.2) is 0 Å². The second-order valence-corrected chi connectivity index (χ2v) is 6.52. The zero-order valence-corrected chi connectivity index (χ0v) is 14.0. The Kier molecular flexibility index (Phi) is 5.65. The average Bonchev–Trinajstić information content (AvgIpc) is 2.60.